The first-order chi connectivity index (χ1) is 10.4. The molecule has 21 heavy (non-hydrogen) atoms. The zero-order valence-corrected chi connectivity index (χ0v) is 13.4. The third-order valence-electron chi connectivity index (χ3n) is 4.26. The molecule has 0 radical (unpaired) electrons. The first-order valence-corrected chi connectivity index (χ1v) is 8.97. The molecule has 4 nitrogen and oxygen atoms in total. The molecule has 3 rings (SSSR count). The Balaban J connectivity index is 1.60. The van der Waals surface area contributed by atoms with E-state index in [-0.39, 0.29) is 0 Å². The number of aromatic nitrogens is 3. The Bertz CT molecular complexity index is 544. The second kappa shape index (κ2) is 7.16. The third kappa shape index (κ3) is 3.51. The molecule has 0 aliphatic heterocycles. The largest absolute Gasteiger partial charge is 0.461 e. The number of nitrogens with zero attached hydrogens (tertiary/aromatic N) is 3. The number of furan rings is 1. The molecule has 2 aromatic rings. The highest BCUT2D eigenvalue weighted by Gasteiger charge is 2.17. The first-order valence-electron chi connectivity index (χ1n) is 7.98. The first kappa shape index (κ1) is 14.7. The number of hydrogen-bond donors (Lipinski definition) is 0. The van der Waals surface area contributed by atoms with Crippen LogP contribution in [-0.2, 0) is 6.54 Å². The lowest BCUT2D eigenvalue weighted by molar-refractivity contribution is 0.351. The summed E-state index contributed by atoms with van der Waals surface area (Å²) in [5, 5.41) is 9.65. The summed E-state index contributed by atoms with van der Waals surface area (Å²) in [5.41, 5.74) is 0. The van der Waals surface area contributed by atoms with Gasteiger partial charge in [0, 0.05) is 12.3 Å². The molecule has 114 valence electrons. The minimum absolute atomic E-state index is 0.795. The van der Waals surface area contributed by atoms with E-state index in [1.165, 1.54) is 38.5 Å². The van der Waals surface area contributed by atoms with Gasteiger partial charge in [0.2, 0.25) is 0 Å². The fourth-order valence-corrected chi connectivity index (χ4v) is 4.17. The van der Waals surface area contributed by atoms with E-state index in [1.54, 1.807) is 6.26 Å². The topological polar surface area (TPSA) is 43.9 Å². The van der Waals surface area contributed by atoms with Gasteiger partial charge in [-0.15, -0.1) is 10.2 Å². The van der Waals surface area contributed by atoms with Gasteiger partial charge in [0.25, 0.3) is 0 Å². The number of rotatable bonds is 6. The van der Waals surface area contributed by atoms with Gasteiger partial charge in [0.15, 0.2) is 16.7 Å². The van der Waals surface area contributed by atoms with Gasteiger partial charge >= 0.3 is 0 Å². The quantitative estimate of drug-likeness (QED) is 0.730. The Kier molecular flexibility index (Phi) is 5.01. The lowest BCUT2D eigenvalue weighted by Crippen LogP contribution is -2.07. The predicted molar refractivity (Wildman–Crippen MR) is 85.3 cm³/mol. The molecule has 5 heteroatoms. The second-order valence-corrected chi connectivity index (χ2v) is 6.73. The maximum absolute atomic E-state index is 5.44. The van der Waals surface area contributed by atoms with Gasteiger partial charge < -0.3 is 4.42 Å². The highest BCUT2D eigenvalue weighted by Crippen LogP contribution is 2.30. The van der Waals surface area contributed by atoms with Crippen molar-refractivity contribution >= 4 is 11.8 Å². The van der Waals surface area contributed by atoms with Crippen molar-refractivity contribution in [1.29, 1.82) is 0 Å². The van der Waals surface area contributed by atoms with E-state index in [2.05, 4.69) is 21.7 Å². The van der Waals surface area contributed by atoms with E-state index in [0.717, 1.165) is 35.0 Å². The fraction of sp³-hybridized carbons (Fsp3) is 0.625. The summed E-state index contributed by atoms with van der Waals surface area (Å²) in [5.74, 6) is 3.70. The van der Waals surface area contributed by atoms with Crippen molar-refractivity contribution in [2.45, 2.75) is 57.1 Å². The summed E-state index contributed by atoms with van der Waals surface area (Å²) in [6.07, 6.45) is 10.1. The van der Waals surface area contributed by atoms with Gasteiger partial charge in [-0.2, -0.15) is 0 Å². The minimum Gasteiger partial charge on any atom is -0.461 e. The van der Waals surface area contributed by atoms with Crippen molar-refractivity contribution in [1.82, 2.24) is 14.8 Å². The van der Waals surface area contributed by atoms with Crippen LogP contribution in [0.5, 0.6) is 0 Å². The highest BCUT2D eigenvalue weighted by atomic mass is 32.2. The predicted octanol–water partition coefficient (Wildman–Crippen LogP) is 4.62. The molecule has 1 saturated carbocycles. The summed E-state index contributed by atoms with van der Waals surface area (Å²) < 4.78 is 7.59. The molecule has 2 heterocycles. The van der Waals surface area contributed by atoms with E-state index >= 15 is 0 Å². The molecule has 0 bridgehead atoms. The molecule has 1 fully saturated rings. The van der Waals surface area contributed by atoms with Gasteiger partial charge in [-0.05, 0) is 31.4 Å². The van der Waals surface area contributed by atoms with Crippen molar-refractivity contribution in [3.8, 4) is 11.6 Å². The van der Waals surface area contributed by atoms with Crippen LogP contribution in [0, 0.1) is 5.92 Å². The van der Waals surface area contributed by atoms with Crippen LogP contribution in [0.2, 0.25) is 0 Å². The summed E-state index contributed by atoms with van der Waals surface area (Å²) in [6, 6.07) is 3.83. The van der Waals surface area contributed by atoms with Crippen molar-refractivity contribution in [3.05, 3.63) is 18.4 Å². The molecule has 0 amide bonds. The maximum atomic E-state index is 5.44. The lowest BCUT2D eigenvalue weighted by atomic mass is 9.88. The minimum atomic E-state index is 0.795. The van der Waals surface area contributed by atoms with Gasteiger partial charge in [-0.3, -0.25) is 4.57 Å². The Hall–Kier alpha value is -1.23. The molecular weight excluding hydrogens is 282 g/mol. The van der Waals surface area contributed by atoms with Crippen LogP contribution in [0.3, 0.4) is 0 Å². The number of thioether (sulfide) groups is 1. The molecule has 0 aromatic carbocycles. The summed E-state index contributed by atoms with van der Waals surface area (Å²) >= 11 is 1.83. The van der Waals surface area contributed by atoms with Crippen LogP contribution >= 0.6 is 11.8 Å². The van der Waals surface area contributed by atoms with Crippen LogP contribution in [0.25, 0.3) is 11.6 Å². The van der Waals surface area contributed by atoms with Crippen molar-refractivity contribution in [3.63, 3.8) is 0 Å². The van der Waals surface area contributed by atoms with E-state index < -0.39 is 0 Å². The second-order valence-electron chi connectivity index (χ2n) is 5.67. The average Bonchev–Trinajstić information content (AvgIpc) is 3.17. The number of hydrogen-bond acceptors (Lipinski definition) is 4. The standard InChI is InChI=1S/C16H23N3OS/c1-2-19-15(14-9-6-11-20-14)17-18-16(19)21-12-10-13-7-4-3-5-8-13/h6,9,11,13H,2-5,7-8,10,12H2,1H3. The van der Waals surface area contributed by atoms with Crippen LogP contribution in [0.15, 0.2) is 28.0 Å². The molecule has 1 aliphatic carbocycles. The maximum Gasteiger partial charge on any atom is 0.200 e. The molecule has 0 unspecified atom stereocenters. The molecule has 0 saturated heterocycles. The third-order valence-corrected chi connectivity index (χ3v) is 5.26. The van der Waals surface area contributed by atoms with Gasteiger partial charge in [-0.1, -0.05) is 43.9 Å². The van der Waals surface area contributed by atoms with Crippen LogP contribution in [0.1, 0.15) is 45.4 Å². The van der Waals surface area contributed by atoms with Crippen LogP contribution < -0.4 is 0 Å². The lowest BCUT2D eigenvalue weighted by Gasteiger charge is -2.20. The van der Waals surface area contributed by atoms with Crippen molar-refractivity contribution in [2.75, 3.05) is 5.75 Å². The van der Waals surface area contributed by atoms with E-state index in [0.29, 0.717) is 0 Å². The average molecular weight is 305 g/mol. The molecule has 0 spiro atoms. The van der Waals surface area contributed by atoms with Crippen molar-refractivity contribution < 1.29 is 4.42 Å². The summed E-state index contributed by atoms with van der Waals surface area (Å²) in [4.78, 5) is 0. The van der Waals surface area contributed by atoms with Crippen LogP contribution in [-0.4, -0.2) is 20.5 Å². The van der Waals surface area contributed by atoms with Gasteiger partial charge in [-0.25, -0.2) is 0 Å². The highest BCUT2D eigenvalue weighted by molar-refractivity contribution is 7.99. The molecule has 0 N–H and O–H groups in total. The van der Waals surface area contributed by atoms with Gasteiger partial charge in [0.1, 0.15) is 0 Å². The van der Waals surface area contributed by atoms with E-state index in [9.17, 15) is 0 Å². The Morgan fingerprint density at radius 3 is 2.86 bits per heavy atom. The normalized spacial score (nSPS) is 16.4. The zero-order valence-electron chi connectivity index (χ0n) is 12.6. The van der Waals surface area contributed by atoms with E-state index in [1.807, 2.05) is 23.9 Å². The van der Waals surface area contributed by atoms with Gasteiger partial charge in [0.05, 0.1) is 6.26 Å². The Labute approximate surface area is 130 Å². The molecule has 0 atom stereocenters. The fourth-order valence-electron chi connectivity index (χ4n) is 3.06. The smallest absolute Gasteiger partial charge is 0.200 e. The SMILES string of the molecule is CCn1c(SCCC2CCCCC2)nnc1-c1ccco1. The summed E-state index contributed by atoms with van der Waals surface area (Å²) in [6.45, 7) is 3.00. The Morgan fingerprint density at radius 1 is 1.29 bits per heavy atom. The monoisotopic (exact) mass is 305 g/mol. The van der Waals surface area contributed by atoms with Crippen LogP contribution in [0.4, 0.5) is 0 Å². The molecular formula is C16H23N3OS. The zero-order chi connectivity index (χ0) is 14.5. The molecule has 2 aromatic heterocycles. The van der Waals surface area contributed by atoms with E-state index in [4.69, 9.17) is 4.42 Å². The Morgan fingerprint density at radius 2 is 2.14 bits per heavy atom. The summed E-state index contributed by atoms with van der Waals surface area (Å²) in [7, 11) is 0. The molecule has 1 aliphatic rings. The van der Waals surface area contributed by atoms with Crippen molar-refractivity contribution in [2.24, 2.45) is 5.92 Å².